The summed E-state index contributed by atoms with van der Waals surface area (Å²) in [6.45, 7) is 11.8. The molecule has 0 amide bonds. The first kappa shape index (κ1) is 18.7. The van der Waals surface area contributed by atoms with Gasteiger partial charge in [0.1, 0.15) is 0 Å². The van der Waals surface area contributed by atoms with E-state index in [-0.39, 0.29) is 5.54 Å². The van der Waals surface area contributed by atoms with Crippen molar-refractivity contribution < 1.29 is 4.74 Å². The molecular weight excluding hydrogens is 302 g/mol. The van der Waals surface area contributed by atoms with Crippen molar-refractivity contribution in [2.75, 3.05) is 46.4 Å². The number of pyridine rings is 1. The fourth-order valence-corrected chi connectivity index (χ4v) is 2.77. The Hall–Kier alpha value is -1.66. The molecule has 6 heteroatoms. The molecule has 0 radical (unpaired) electrons. The molecule has 1 fully saturated rings. The molecule has 2 N–H and O–H groups in total. The van der Waals surface area contributed by atoms with Crippen molar-refractivity contribution in [2.24, 2.45) is 4.99 Å². The maximum absolute atomic E-state index is 5.44. The number of guanidine groups is 1. The molecule has 0 unspecified atom stereocenters. The van der Waals surface area contributed by atoms with Crippen LogP contribution in [0.15, 0.2) is 23.3 Å². The third-order valence-electron chi connectivity index (χ3n) is 4.46. The van der Waals surface area contributed by atoms with Gasteiger partial charge in [0.25, 0.3) is 0 Å². The summed E-state index contributed by atoms with van der Waals surface area (Å²) < 4.78 is 5.44. The van der Waals surface area contributed by atoms with Gasteiger partial charge in [0, 0.05) is 50.7 Å². The fourth-order valence-electron chi connectivity index (χ4n) is 2.77. The zero-order chi connectivity index (χ0) is 17.4. The van der Waals surface area contributed by atoms with Gasteiger partial charge in [-0.2, -0.15) is 0 Å². The van der Waals surface area contributed by atoms with Crippen LogP contribution in [0.1, 0.15) is 25.1 Å². The van der Waals surface area contributed by atoms with E-state index in [9.17, 15) is 0 Å². The Kier molecular flexibility index (Phi) is 6.99. The van der Waals surface area contributed by atoms with E-state index in [2.05, 4.69) is 45.4 Å². The van der Waals surface area contributed by atoms with Crippen molar-refractivity contribution in [2.45, 2.75) is 32.7 Å². The molecule has 1 saturated heterocycles. The van der Waals surface area contributed by atoms with E-state index >= 15 is 0 Å². The predicted octanol–water partition coefficient (Wildman–Crippen LogP) is 1.21. The minimum absolute atomic E-state index is 0.0717. The highest BCUT2D eigenvalue weighted by Crippen LogP contribution is 2.14. The van der Waals surface area contributed by atoms with Crippen LogP contribution in [0.5, 0.6) is 0 Å². The number of morpholine rings is 1. The van der Waals surface area contributed by atoms with E-state index in [1.807, 2.05) is 26.2 Å². The summed E-state index contributed by atoms with van der Waals surface area (Å²) in [5.74, 6) is 0.844. The number of aryl methyl sites for hydroxylation is 1. The maximum Gasteiger partial charge on any atom is 0.191 e. The highest BCUT2D eigenvalue weighted by molar-refractivity contribution is 5.79. The minimum atomic E-state index is 0.0717. The lowest BCUT2D eigenvalue weighted by Gasteiger charge is -2.41. The van der Waals surface area contributed by atoms with Crippen LogP contribution in [0.3, 0.4) is 0 Å². The van der Waals surface area contributed by atoms with Crippen molar-refractivity contribution in [3.8, 4) is 0 Å². The van der Waals surface area contributed by atoms with Crippen molar-refractivity contribution in [3.05, 3.63) is 29.6 Å². The molecule has 134 valence electrons. The lowest BCUT2D eigenvalue weighted by atomic mass is 10.0. The monoisotopic (exact) mass is 333 g/mol. The summed E-state index contributed by atoms with van der Waals surface area (Å²) in [6.07, 6.45) is 2.87. The molecule has 1 aromatic rings. The number of hydrogen-bond donors (Lipinski definition) is 2. The van der Waals surface area contributed by atoms with Crippen molar-refractivity contribution in [1.29, 1.82) is 0 Å². The van der Waals surface area contributed by atoms with Crippen molar-refractivity contribution in [1.82, 2.24) is 20.5 Å². The first-order valence-electron chi connectivity index (χ1n) is 8.70. The molecule has 2 heterocycles. The van der Waals surface area contributed by atoms with Gasteiger partial charge < -0.3 is 15.4 Å². The van der Waals surface area contributed by atoms with Gasteiger partial charge in [-0.25, -0.2) is 0 Å². The van der Waals surface area contributed by atoms with Crippen LogP contribution in [-0.4, -0.2) is 67.8 Å². The van der Waals surface area contributed by atoms with Gasteiger partial charge in [0.05, 0.1) is 13.2 Å². The highest BCUT2D eigenvalue weighted by Gasteiger charge is 2.28. The Morgan fingerprint density at radius 2 is 2.04 bits per heavy atom. The number of hydrogen-bond acceptors (Lipinski definition) is 4. The Labute approximate surface area is 145 Å². The van der Waals surface area contributed by atoms with Crippen LogP contribution >= 0.6 is 0 Å². The SMILES string of the molecule is CN=C(NCCc1ccc(C)nc1)NCC(C)(C)N1CCOCC1. The van der Waals surface area contributed by atoms with Crippen LogP contribution < -0.4 is 10.6 Å². The molecule has 1 aliphatic rings. The maximum atomic E-state index is 5.44. The number of rotatable bonds is 6. The first-order chi connectivity index (χ1) is 11.5. The Morgan fingerprint density at radius 3 is 2.67 bits per heavy atom. The van der Waals surface area contributed by atoms with E-state index in [0.717, 1.165) is 57.5 Å². The molecule has 0 aliphatic carbocycles. The van der Waals surface area contributed by atoms with Crippen LogP contribution in [0, 0.1) is 6.92 Å². The second-order valence-electron chi connectivity index (χ2n) is 6.82. The van der Waals surface area contributed by atoms with Crippen molar-refractivity contribution in [3.63, 3.8) is 0 Å². The minimum Gasteiger partial charge on any atom is -0.379 e. The van der Waals surface area contributed by atoms with Gasteiger partial charge in [0.2, 0.25) is 0 Å². The number of nitrogens with one attached hydrogen (secondary N) is 2. The molecule has 0 bridgehead atoms. The number of aromatic nitrogens is 1. The van der Waals surface area contributed by atoms with Crippen LogP contribution in [0.2, 0.25) is 0 Å². The molecular formula is C18H31N5O. The van der Waals surface area contributed by atoms with Crippen LogP contribution in [-0.2, 0) is 11.2 Å². The van der Waals surface area contributed by atoms with Gasteiger partial charge >= 0.3 is 0 Å². The second-order valence-corrected chi connectivity index (χ2v) is 6.82. The summed E-state index contributed by atoms with van der Waals surface area (Å²) in [6, 6.07) is 4.18. The largest absolute Gasteiger partial charge is 0.379 e. The lowest BCUT2D eigenvalue weighted by molar-refractivity contribution is -0.00833. The van der Waals surface area contributed by atoms with Crippen LogP contribution in [0.25, 0.3) is 0 Å². The smallest absolute Gasteiger partial charge is 0.191 e. The fraction of sp³-hybridized carbons (Fsp3) is 0.667. The van der Waals surface area contributed by atoms with E-state index in [4.69, 9.17) is 4.74 Å². The van der Waals surface area contributed by atoms with E-state index < -0.39 is 0 Å². The predicted molar refractivity (Wildman–Crippen MR) is 98.5 cm³/mol. The Morgan fingerprint density at radius 1 is 1.29 bits per heavy atom. The topological polar surface area (TPSA) is 61.8 Å². The molecule has 2 rings (SSSR count). The van der Waals surface area contributed by atoms with Gasteiger partial charge in [-0.1, -0.05) is 6.07 Å². The van der Waals surface area contributed by atoms with Gasteiger partial charge in [-0.05, 0) is 38.8 Å². The van der Waals surface area contributed by atoms with Gasteiger partial charge in [-0.3, -0.25) is 14.9 Å². The molecule has 24 heavy (non-hydrogen) atoms. The zero-order valence-electron chi connectivity index (χ0n) is 15.4. The third kappa shape index (κ3) is 5.76. The first-order valence-corrected chi connectivity index (χ1v) is 8.70. The van der Waals surface area contributed by atoms with E-state index in [1.54, 1.807) is 0 Å². The second kappa shape index (κ2) is 8.99. The van der Waals surface area contributed by atoms with Crippen LogP contribution in [0.4, 0.5) is 0 Å². The van der Waals surface area contributed by atoms with E-state index in [0.29, 0.717) is 0 Å². The molecule has 1 aromatic heterocycles. The van der Waals surface area contributed by atoms with Gasteiger partial charge in [0.15, 0.2) is 5.96 Å². The lowest BCUT2D eigenvalue weighted by Crippen LogP contribution is -2.56. The standard InChI is InChI=1S/C18H31N5O/c1-15-5-6-16(13-21-15)7-8-20-17(19-4)22-14-18(2,3)23-9-11-24-12-10-23/h5-6,13H,7-12,14H2,1-4H3,(H2,19,20,22). The third-order valence-corrected chi connectivity index (χ3v) is 4.46. The Bertz CT molecular complexity index is 521. The van der Waals surface area contributed by atoms with E-state index in [1.165, 1.54) is 5.56 Å². The average Bonchev–Trinajstić information content (AvgIpc) is 2.60. The molecule has 0 aromatic carbocycles. The molecule has 1 aliphatic heterocycles. The molecule has 6 nitrogen and oxygen atoms in total. The molecule has 0 saturated carbocycles. The summed E-state index contributed by atoms with van der Waals surface area (Å²) in [4.78, 5) is 11.1. The summed E-state index contributed by atoms with van der Waals surface area (Å²) in [5, 5.41) is 6.82. The van der Waals surface area contributed by atoms with Crippen molar-refractivity contribution >= 4 is 5.96 Å². The summed E-state index contributed by atoms with van der Waals surface area (Å²) in [5.41, 5.74) is 2.36. The average molecular weight is 333 g/mol. The summed E-state index contributed by atoms with van der Waals surface area (Å²) in [7, 11) is 1.81. The number of nitrogens with zero attached hydrogens (tertiary/aromatic N) is 3. The zero-order valence-corrected chi connectivity index (χ0v) is 15.4. The summed E-state index contributed by atoms with van der Waals surface area (Å²) >= 11 is 0. The molecule has 0 atom stereocenters. The quantitative estimate of drug-likeness (QED) is 0.605. The highest BCUT2D eigenvalue weighted by atomic mass is 16.5. The number of aliphatic imine (C=N–C) groups is 1. The van der Waals surface area contributed by atoms with Gasteiger partial charge in [-0.15, -0.1) is 0 Å². The molecule has 0 spiro atoms. The number of ether oxygens (including phenoxy) is 1. The normalized spacial score (nSPS) is 16.9. The Balaban J connectivity index is 1.74.